The summed E-state index contributed by atoms with van der Waals surface area (Å²) in [6.45, 7) is -1.41. The van der Waals surface area contributed by atoms with Crippen LogP contribution in [0.15, 0.2) is 24.3 Å². The molecule has 0 aliphatic heterocycles. The fraction of sp³-hybridized carbons (Fsp3) is 0.500. The predicted octanol–water partition coefficient (Wildman–Crippen LogP) is 2.54. The van der Waals surface area contributed by atoms with Crippen LogP contribution in [0.3, 0.4) is 0 Å². The monoisotopic (exact) mass is 345 g/mol. The largest absolute Gasteiger partial charge is 0.484 e. The Morgan fingerprint density at radius 2 is 2.04 bits per heavy atom. The summed E-state index contributed by atoms with van der Waals surface area (Å²) in [4.78, 5) is 23.1. The van der Waals surface area contributed by atoms with Crippen molar-refractivity contribution in [1.29, 1.82) is 0 Å². The molecule has 0 saturated heterocycles. The van der Waals surface area contributed by atoms with Crippen LogP contribution >= 0.6 is 0 Å². The van der Waals surface area contributed by atoms with Gasteiger partial charge in [0, 0.05) is 0 Å². The van der Waals surface area contributed by atoms with Gasteiger partial charge in [-0.15, -0.1) is 0 Å². The first-order valence-electron chi connectivity index (χ1n) is 7.53. The zero-order chi connectivity index (χ0) is 17.7. The molecule has 132 valence electrons. The SMILES string of the molecule is O=C(Cc1cccc(OCC(F)(F)F)c1)NC(CC1CC1)C(=O)O. The minimum absolute atomic E-state index is 0.00499. The van der Waals surface area contributed by atoms with Gasteiger partial charge in [0.05, 0.1) is 6.42 Å². The smallest absolute Gasteiger partial charge is 0.422 e. The third-order valence-electron chi connectivity index (χ3n) is 3.56. The molecular formula is C16H18F3NO4. The van der Waals surface area contributed by atoms with E-state index in [1.807, 2.05) is 0 Å². The molecule has 0 heterocycles. The van der Waals surface area contributed by atoms with Crippen molar-refractivity contribution in [3.05, 3.63) is 29.8 Å². The van der Waals surface area contributed by atoms with E-state index in [9.17, 15) is 22.8 Å². The standard InChI is InChI=1S/C16H18F3NO4/c17-16(18,19)9-24-12-3-1-2-11(6-12)8-14(21)20-13(15(22)23)7-10-4-5-10/h1-3,6,10,13H,4-5,7-9H2,(H,20,21)(H,22,23). The normalized spacial score (nSPS) is 15.6. The van der Waals surface area contributed by atoms with Crippen LogP contribution in [0.5, 0.6) is 5.75 Å². The molecule has 1 amide bonds. The van der Waals surface area contributed by atoms with Gasteiger partial charge >= 0.3 is 12.1 Å². The van der Waals surface area contributed by atoms with Crippen molar-refractivity contribution in [2.24, 2.45) is 5.92 Å². The third-order valence-corrected chi connectivity index (χ3v) is 3.56. The quantitative estimate of drug-likeness (QED) is 0.759. The van der Waals surface area contributed by atoms with Crippen LogP contribution in [0.2, 0.25) is 0 Å². The van der Waals surface area contributed by atoms with Crippen LogP contribution in [0.1, 0.15) is 24.8 Å². The number of amides is 1. The van der Waals surface area contributed by atoms with Crippen LogP contribution in [-0.2, 0) is 16.0 Å². The zero-order valence-corrected chi connectivity index (χ0v) is 12.8. The van der Waals surface area contributed by atoms with E-state index in [1.165, 1.54) is 18.2 Å². The number of alkyl halides is 3. The summed E-state index contributed by atoms with van der Waals surface area (Å²) in [7, 11) is 0. The van der Waals surface area contributed by atoms with Crippen LogP contribution < -0.4 is 10.1 Å². The molecule has 1 atom stereocenters. The summed E-state index contributed by atoms with van der Waals surface area (Å²) in [6.07, 6.45) is -2.23. The molecule has 8 heteroatoms. The number of carboxylic acids is 1. The highest BCUT2D eigenvalue weighted by molar-refractivity contribution is 5.84. The molecule has 0 radical (unpaired) electrons. The zero-order valence-electron chi connectivity index (χ0n) is 12.8. The highest BCUT2D eigenvalue weighted by Gasteiger charge is 2.30. The molecule has 1 unspecified atom stereocenters. The van der Waals surface area contributed by atoms with Crippen molar-refractivity contribution in [1.82, 2.24) is 5.32 Å². The number of carboxylic acid groups (broad SMARTS) is 1. The van der Waals surface area contributed by atoms with Crippen LogP contribution in [0.25, 0.3) is 0 Å². The minimum atomic E-state index is -4.44. The Labute approximate surface area is 136 Å². The molecule has 24 heavy (non-hydrogen) atoms. The van der Waals surface area contributed by atoms with Gasteiger partial charge in [0.15, 0.2) is 6.61 Å². The van der Waals surface area contributed by atoms with Crippen molar-refractivity contribution >= 4 is 11.9 Å². The van der Waals surface area contributed by atoms with Crippen molar-refractivity contribution in [3.63, 3.8) is 0 Å². The van der Waals surface area contributed by atoms with Gasteiger partial charge in [-0.05, 0) is 30.0 Å². The fourth-order valence-corrected chi connectivity index (χ4v) is 2.25. The van der Waals surface area contributed by atoms with Gasteiger partial charge in [0.2, 0.25) is 5.91 Å². The number of carbonyl (C=O) groups excluding carboxylic acids is 1. The fourth-order valence-electron chi connectivity index (χ4n) is 2.25. The molecule has 0 bridgehead atoms. The summed E-state index contributed by atoms with van der Waals surface area (Å²) in [6, 6.07) is 4.81. The Morgan fingerprint density at radius 3 is 2.62 bits per heavy atom. The van der Waals surface area contributed by atoms with Crippen LogP contribution in [0.4, 0.5) is 13.2 Å². The van der Waals surface area contributed by atoms with Gasteiger partial charge in [0.25, 0.3) is 0 Å². The molecule has 5 nitrogen and oxygen atoms in total. The first kappa shape index (κ1) is 18.1. The lowest BCUT2D eigenvalue weighted by atomic mass is 10.1. The first-order chi connectivity index (χ1) is 11.2. The summed E-state index contributed by atoms with van der Waals surface area (Å²) in [5, 5.41) is 11.6. The molecule has 1 aliphatic rings. The average molecular weight is 345 g/mol. The second-order valence-electron chi connectivity index (χ2n) is 5.87. The van der Waals surface area contributed by atoms with E-state index >= 15 is 0 Å². The molecule has 1 aromatic carbocycles. The minimum Gasteiger partial charge on any atom is -0.484 e. The molecule has 1 fully saturated rings. The van der Waals surface area contributed by atoms with Crippen molar-refractivity contribution in [2.45, 2.75) is 37.9 Å². The maximum Gasteiger partial charge on any atom is 0.422 e. The van der Waals surface area contributed by atoms with E-state index in [1.54, 1.807) is 6.07 Å². The molecule has 2 rings (SSSR count). The number of ether oxygens (including phenoxy) is 1. The first-order valence-corrected chi connectivity index (χ1v) is 7.53. The lowest BCUT2D eigenvalue weighted by molar-refractivity contribution is -0.153. The van der Waals surface area contributed by atoms with E-state index in [0.29, 0.717) is 17.9 Å². The van der Waals surface area contributed by atoms with E-state index in [-0.39, 0.29) is 12.2 Å². The van der Waals surface area contributed by atoms with Gasteiger partial charge in [-0.1, -0.05) is 25.0 Å². The Bertz CT molecular complexity index is 599. The highest BCUT2D eigenvalue weighted by atomic mass is 19.4. The van der Waals surface area contributed by atoms with E-state index in [4.69, 9.17) is 5.11 Å². The lowest BCUT2D eigenvalue weighted by Gasteiger charge is -2.14. The Balaban J connectivity index is 1.89. The maximum absolute atomic E-state index is 12.1. The maximum atomic E-state index is 12.1. The molecule has 2 N–H and O–H groups in total. The van der Waals surface area contributed by atoms with Gasteiger partial charge in [-0.2, -0.15) is 13.2 Å². The number of carbonyl (C=O) groups is 2. The van der Waals surface area contributed by atoms with Crippen LogP contribution in [-0.4, -0.2) is 35.8 Å². The summed E-state index contributed by atoms with van der Waals surface area (Å²) in [5.41, 5.74) is 0.447. The van der Waals surface area contributed by atoms with E-state index in [0.717, 1.165) is 12.8 Å². The average Bonchev–Trinajstić information content (AvgIpc) is 3.28. The number of rotatable bonds is 8. The van der Waals surface area contributed by atoms with Crippen molar-refractivity contribution in [3.8, 4) is 5.75 Å². The van der Waals surface area contributed by atoms with Gasteiger partial charge in [0.1, 0.15) is 11.8 Å². The second-order valence-corrected chi connectivity index (χ2v) is 5.87. The number of hydrogen-bond acceptors (Lipinski definition) is 3. The van der Waals surface area contributed by atoms with Gasteiger partial charge < -0.3 is 15.2 Å². The molecule has 0 spiro atoms. The third kappa shape index (κ3) is 6.47. The predicted molar refractivity (Wildman–Crippen MR) is 78.6 cm³/mol. The van der Waals surface area contributed by atoms with Crippen molar-refractivity contribution in [2.75, 3.05) is 6.61 Å². The number of hydrogen-bond donors (Lipinski definition) is 2. The molecule has 1 aromatic rings. The Hall–Kier alpha value is -2.25. The molecule has 0 aromatic heterocycles. The number of benzene rings is 1. The van der Waals surface area contributed by atoms with Crippen molar-refractivity contribution < 1.29 is 32.6 Å². The Morgan fingerprint density at radius 1 is 1.33 bits per heavy atom. The number of nitrogens with one attached hydrogen (secondary N) is 1. The lowest BCUT2D eigenvalue weighted by Crippen LogP contribution is -2.41. The van der Waals surface area contributed by atoms with E-state index < -0.39 is 30.7 Å². The highest BCUT2D eigenvalue weighted by Crippen LogP contribution is 2.33. The summed E-state index contributed by atoms with van der Waals surface area (Å²) < 4.78 is 41.0. The number of aliphatic carboxylic acids is 1. The second kappa shape index (κ2) is 7.55. The van der Waals surface area contributed by atoms with Gasteiger partial charge in [-0.25, -0.2) is 4.79 Å². The molecular weight excluding hydrogens is 327 g/mol. The molecule has 1 aliphatic carbocycles. The molecule has 1 saturated carbocycles. The Kier molecular flexibility index (Phi) is 5.69. The summed E-state index contributed by atoms with van der Waals surface area (Å²) >= 11 is 0. The van der Waals surface area contributed by atoms with Crippen LogP contribution in [0, 0.1) is 5.92 Å². The van der Waals surface area contributed by atoms with E-state index in [2.05, 4.69) is 10.1 Å². The topological polar surface area (TPSA) is 75.6 Å². The van der Waals surface area contributed by atoms with Gasteiger partial charge in [-0.3, -0.25) is 4.79 Å². The number of halogens is 3. The summed E-state index contributed by atoms with van der Waals surface area (Å²) in [5.74, 6) is -1.23.